The molecule has 0 aromatic carbocycles. The predicted molar refractivity (Wildman–Crippen MR) is 102 cm³/mol. The predicted octanol–water partition coefficient (Wildman–Crippen LogP) is 2.31. The number of carbonyl (C=O) groups is 2. The summed E-state index contributed by atoms with van der Waals surface area (Å²) in [7, 11) is 1.80. The highest BCUT2D eigenvalue weighted by Gasteiger charge is 2.32. The highest BCUT2D eigenvalue weighted by molar-refractivity contribution is 6.05. The molecule has 0 saturated carbocycles. The summed E-state index contributed by atoms with van der Waals surface area (Å²) in [5.41, 5.74) is 3.70. The summed E-state index contributed by atoms with van der Waals surface area (Å²) in [4.78, 5) is 35.0. The zero-order valence-electron chi connectivity index (χ0n) is 14.6. The molecule has 1 amide bonds. The smallest absolute Gasteiger partial charge is 0.246 e. The molecule has 0 unspecified atom stereocenters. The minimum Gasteiger partial charge on any atom is -0.366 e. The molecule has 1 aliphatic carbocycles. The second-order valence-corrected chi connectivity index (χ2v) is 6.68. The van der Waals surface area contributed by atoms with E-state index in [2.05, 4.69) is 27.5 Å². The number of anilines is 1. The van der Waals surface area contributed by atoms with Crippen LogP contribution in [0.25, 0.3) is 16.6 Å². The van der Waals surface area contributed by atoms with Crippen LogP contribution in [0.4, 0.5) is 5.69 Å². The number of aromatic amines is 1. The van der Waals surface area contributed by atoms with E-state index >= 15 is 0 Å². The van der Waals surface area contributed by atoms with Crippen molar-refractivity contribution in [1.29, 1.82) is 0 Å². The van der Waals surface area contributed by atoms with Crippen molar-refractivity contribution in [3.05, 3.63) is 54.9 Å². The molecule has 2 aliphatic rings. The molecule has 0 spiro atoms. The number of rotatable bonds is 4. The minimum absolute atomic E-state index is 0.0585. The van der Waals surface area contributed by atoms with Crippen molar-refractivity contribution in [2.75, 3.05) is 25.0 Å². The maximum Gasteiger partial charge on any atom is 0.246 e. The molecule has 1 fully saturated rings. The first-order chi connectivity index (χ1) is 12.6. The van der Waals surface area contributed by atoms with Gasteiger partial charge in [-0.25, -0.2) is 4.98 Å². The monoisotopic (exact) mass is 348 g/mol. The van der Waals surface area contributed by atoms with E-state index in [0.717, 1.165) is 40.9 Å². The van der Waals surface area contributed by atoms with E-state index in [1.54, 1.807) is 18.0 Å². The Kier molecular flexibility index (Phi) is 3.95. The Labute approximate surface area is 151 Å². The highest BCUT2D eigenvalue weighted by atomic mass is 16.2. The van der Waals surface area contributed by atoms with Gasteiger partial charge in [-0.2, -0.15) is 0 Å². The highest BCUT2D eigenvalue weighted by Crippen LogP contribution is 2.31. The molecule has 2 aromatic rings. The van der Waals surface area contributed by atoms with Gasteiger partial charge in [0.25, 0.3) is 0 Å². The van der Waals surface area contributed by atoms with E-state index in [4.69, 9.17) is 0 Å². The van der Waals surface area contributed by atoms with Crippen LogP contribution in [-0.2, 0) is 9.59 Å². The maximum absolute atomic E-state index is 11.7. The minimum atomic E-state index is -0.0585. The van der Waals surface area contributed by atoms with Gasteiger partial charge in [-0.3, -0.25) is 9.59 Å². The number of H-pyrrole nitrogens is 1. The van der Waals surface area contributed by atoms with Crippen LogP contribution in [0.3, 0.4) is 0 Å². The van der Waals surface area contributed by atoms with Gasteiger partial charge < -0.3 is 14.8 Å². The normalized spacial score (nSPS) is 17.2. The van der Waals surface area contributed by atoms with E-state index in [9.17, 15) is 9.59 Å². The van der Waals surface area contributed by atoms with Crippen molar-refractivity contribution in [1.82, 2.24) is 14.9 Å². The first-order valence-electron chi connectivity index (χ1n) is 8.59. The fraction of sp³-hybridized carbons (Fsp3) is 0.250. The topological polar surface area (TPSA) is 69.3 Å². The lowest BCUT2D eigenvalue weighted by atomic mass is 9.98. The van der Waals surface area contributed by atoms with Crippen molar-refractivity contribution in [3.63, 3.8) is 0 Å². The van der Waals surface area contributed by atoms with Crippen LogP contribution in [0.2, 0.25) is 0 Å². The molecule has 3 heterocycles. The number of nitrogens with zero attached hydrogens (tertiary/aromatic N) is 3. The van der Waals surface area contributed by atoms with Gasteiger partial charge in [-0.15, -0.1) is 0 Å². The molecule has 1 aliphatic heterocycles. The summed E-state index contributed by atoms with van der Waals surface area (Å²) in [6.07, 6.45) is 11.1. The molecule has 6 heteroatoms. The maximum atomic E-state index is 11.7. The van der Waals surface area contributed by atoms with Crippen molar-refractivity contribution < 1.29 is 9.59 Å². The lowest BCUT2D eigenvalue weighted by Crippen LogP contribution is -2.59. The number of likely N-dealkylation sites (N-methyl/N-ethyl adjacent to an activating group) is 1. The molecule has 0 atom stereocenters. The van der Waals surface area contributed by atoms with Gasteiger partial charge in [0.2, 0.25) is 5.91 Å². The third kappa shape index (κ3) is 2.73. The van der Waals surface area contributed by atoms with Crippen molar-refractivity contribution in [3.8, 4) is 0 Å². The van der Waals surface area contributed by atoms with E-state index in [1.807, 2.05) is 24.5 Å². The average Bonchev–Trinajstić information content (AvgIpc) is 3.03. The standard InChI is InChI=1S/C20H20N4O2/c1-3-19(26)23(2)15-11-24(12-15)14-8-17-18(10-22-20(17)21-9-14)13-5-4-6-16(25)7-13/h3-5,7-10,15H,1,6,11-12H2,2H3,(H,21,22). The number of hydrogen-bond donors (Lipinski definition) is 1. The number of aromatic nitrogens is 2. The Hall–Kier alpha value is -3.15. The molecule has 1 N–H and O–H groups in total. The summed E-state index contributed by atoms with van der Waals surface area (Å²) >= 11 is 0. The summed E-state index contributed by atoms with van der Waals surface area (Å²) in [6.45, 7) is 5.07. The number of nitrogens with one attached hydrogen (secondary N) is 1. The van der Waals surface area contributed by atoms with E-state index < -0.39 is 0 Å². The van der Waals surface area contributed by atoms with Crippen LogP contribution >= 0.6 is 0 Å². The number of ketones is 1. The molecule has 4 rings (SSSR count). The second-order valence-electron chi connectivity index (χ2n) is 6.68. The lowest BCUT2D eigenvalue weighted by Gasteiger charge is -2.45. The second kappa shape index (κ2) is 6.29. The van der Waals surface area contributed by atoms with Gasteiger partial charge in [-0.1, -0.05) is 18.7 Å². The van der Waals surface area contributed by atoms with E-state index in [1.165, 1.54) is 6.08 Å². The molecule has 132 valence electrons. The molecular formula is C20H20N4O2. The zero-order chi connectivity index (χ0) is 18.3. The molecule has 6 nitrogen and oxygen atoms in total. The summed E-state index contributed by atoms with van der Waals surface area (Å²) in [6, 6.07) is 2.27. The van der Waals surface area contributed by atoms with Gasteiger partial charge in [0.1, 0.15) is 5.65 Å². The Morgan fingerprint density at radius 3 is 3.00 bits per heavy atom. The Morgan fingerprint density at radius 2 is 2.27 bits per heavy atom. The first-order valence-corrected chi connectivity index (χ1v) is 8.59. The summed E-state index contributed by atoms with van der Waals surface area (Å²) < 4.78 is 0. The molecule has 0 radical (unpaired) electrons. The largest absolute Gasteiger partial charge is 0.366 e. The Morgan fingerprint density at radius 1 is 1.46 bits per heavy atom. The quantitative estimate of drug-likeness (QED) is 0.861. The zero-order valence-corrected chi connectivity index (χ0v) is 14.6. The van der Waals surface area contributed by atoms with E-state index in [-0.39, 0.29) is 17.7 Å². The van der Waals surface area contributed by atoms with Gasteiger partial charge in [0, 0.05) is 43.7 Å². The number of pyridine rings is 1. The molecular weight excluding hydrogens is 328 g/mol. The van der Waals surface area contributed by atoms with Crippen LogP contribution < -0.4 is 4.90 Å². The molecule has 26 heavy (non-hydrogen) atoms. The van der Waals surface area contributed by atoms with Crippen molar-refractivity contribution in [2.45, 2.75) is 12.5 Å². The van der Waals surface area contributed by atoms with Crippen LogP contribution in [0.1, 0.15) is 12.0 Å². The third-order valence-corrected chi connectivity index (χ3v) is 5.06. The number of fused-ring (bicyclic) bond motifs is 1. The fourth-order valence-electron chi connectivity index (χ4n) is 3.39. The van der Waals surface area contributed by atoms with Crippen LogP contribution in [0, 0.1) is 0 Å². The van der Waals surface area contributed by atoms with Gasteiger partial charge in [0.15, 0.2) is 5.78 Å². The fourth-order valence-corrected chi connectivity index (χ4v) is 3.39. The number of hydrogen-bond acceptors (Lipinski definition) is 4. The molecule has 2 aromatic heterocycles. The van der Waals surface area contributed by atoms with Crippen LogP contribution in [-0.4, -0.2) is 52.7 Å². The number of carbonyl (C=O) groups excluding carboxylic acids is 2. The first kappa shape index (κ1) is 16.3. The van der Waals surface area contributed by atoms with Crippen LogP contribution in [0.15, 0.2) is 49.3 Å². The van der Waals surface area contributed by atoms with Gasteiger partial charge in [-0.05, 0) is 23.8 Å². The molecule has 0 bridgehead atoms. The Balaban J connectivity index is 1.58. The number of allylic oxidation sites excluding steroid dienone is 4. The molecule has 1 saturated heterocycles. The van der Waals surface area contributed by atoms with Gasteiger partial charge in [0.05, 0.1) is 17.9 Å². The summed E-state index contributed by atoms with van der Waals surface area (Å²) in [5.74, 6) is 0.0540. The lowest BCUT2D eigenvalue weighted by molar-refractivity contribution is -0.127. The third-order valence-electron chi connectivity index (χ3n) is 5.06. The summed E-state index contributed by atoms with van der Waals surface area (Å²) in [5, 5.41) is 0.993. The Bertz CT molecular complexity index is 963. The van der Waals surface area contributed by atoms with Crippen molar-refractivity contribution in [2.24, 2.45) is 0 Å². The van der Waals surface area contributed by atoms with Crippen LogP contribution in [0.5, 0.6) is 0 Å². The number of amides is 1. The van der Waals surface area contributed by atoms with E-state index in [0.29, 0.717) is 6.42 Å². The SMILES string of the molecule is C=CC(=O)N(C)C1CN(c2cnc3[nH]cc(C4=CC(=O)CC=C4)c3c2)C1. The average molecular weight is 348 g/mol. The van der Waals surface area contributed by atoms with Gasteiger partial charge >= 0.3 is 0 Å². The van der Waals surface area contributed by atoms with Crippen molar-refractivity contribution >= 4 is 34.0 Å².